The van der Waals surface area contributed by atoms with E-state index in [1.807, 2.05) is 24.4 Å². The standard InChI is InChI=1S/C22H27N7O2/c30-14-13-27-9-11-28(12-10-27)17-3-1-16(2-4-17)24-22-25-20-19(5-7-23-20)21(26-22)29-8-6-18(31)15-29/h1-5,7,14,18,31H,6,8-13,15H2,(H2,23,24,25,26). The number of carbonyl (C=O) groups excluding carboxylic acids is 1. The van der Waals surface area contributed by atoms with E-state index >= 15 is 0 Å². The van der Waals surface area contributed by atoms with Crippen molar-refractivity contribution in [2.45, 2.75) is 12.5 Å². The summed E-state index contributed by atoms with van der Waals surface area (Å²) in [6.45, 7) is 5.52. The zero-order chi connectivity index (χ0) is 21.2. The molecule has 2 saturated heterocycles. The average molecular weight is 422 g/mol. The van der Waals surface area contributed by atoms with Crippen molar-refractivity contribution in [2.75, 3.05) is 60.9 Å². The number of rotatable bonds is 6. The minimum Gasteiger partial charge on any atom is -0.391 e. The second kappa shape index (κ2) is 8.52. The predicted octanol–water partition coefficient (Wildman–Crippen LogP) is 1.59. The first kappa shape index (κ1) is 19.8. The molecular formula is C22H27N7O2. The van der Waals surface area contributed by atoms with Gasteiger partial charge in [0.25, 0.3) is 0 Å². The Bertz CT molecular complexity index is 1040. The van der Waals surface area contributed by atoms with E-state index < -0.39 is 0 Å². The zero-order valence-corrected chi connectivity index (χ0v) is 17.4. The fourth-order valence-electron chi connectivity index (χ4n) is 4.33. The third-order valence-corrected chi connectivity index (χ3v) is 6.05. The molecule has 9 nitrogen and oxygen atoms in total. The molecule has 0 aliphatic carbocycles. The number of benzene rings is 1. The largest absolute Gasteiger partial charge is 0.391 e. The molecule has 0 spiro atoms. The smallest absolute Gasteiger partial charge is 0.231 e. The highest BCUT2D eigenvalue weighted by Crippen LogP contribution is 2.29. The van der Waals surface area contributed by atoms with Crippen molar-refractivity contribution < 1.29 is 9.90 Å². The molecule has 2 fully saturated rings. The summed E-state index contributed by atoms with van der Waals surface area (Å²) >= 11 is 0. The van der Waals surface area contributed by atoms with Gasteiger partial charge < -0.3 is 30.0 Å². The van der Waals surface area contributed by atoms with Gasteiger partial charge in [0, 0.05) is 56.8 Å². The summed E-state index contributed by atoms with van der Waals surface area (Å²) in [4.78, 5) is 29.8. The van der Waals surface area contributed by atoms with Gasteiger partial charge >= 0.3 is 0 Å². The number of aromatic amines is 1. The number of aromatic nitrogens is 3. The van der Waals surface area contributed by atoms with Crippen molar-refractivity contribution in [2.24, 2.45) is 0 Å². The van der Waals surface area contributed by atoms with Crippen molar-refractivity contribution in [3.05, 3.63) is 36.5 Å². The second-order valence-corrected chi connectivity index (χ2v) is 8.13. The van der Waals surface area contributed by atoms with Crippen LogP contribution in [0.2, 0.25) is 0 Å². The van der Waals surface area contributed by atoms with Gasteiger partial charge in [-0.05, 0) is 36.8 Å². The summed E-state index contributed by atoms with van der Waals surface area (Å²) in [6, 6.07) is 10.2. The Balaban J connectivity index is 1.30. The number of aliphatic hydroxyl groups is 1. The maximum absolute atomic E-state index is 10.7. The number of aldehydes is 1. The van der Waals surface area contributed by atoms with Crippen LogP contribution in [-0.2, 0) is 4.79 Å². The molecule has 0 bridgehead atoms. The molecule has 1 aromatic carbocycles. The number of carbonyl (C=O) groups is 1. The fourth-order valence-corrected chi connectivity index (χ4v) is 4.33. The monoisotopic (exact) mass is 421 g/mol. The lowest BCUT2D eigenvalue weighted by Crippen LogP contribution is -2.46. The predicted molar refractivity (Wildman–Crippen MR) is 121 cm³/mol. The molecule has 9 heteroatoms. The number of fused-ring (bicyclic) bond motifs is 1. The van der Waals surface area contributed by atoms with Crippen LogP contribution in [0.5, 0.6) is 0 Å². The molecule has 2 aliphatic rings. The first-order chi connectivity index (χ1) is 15.2. The maximum Gasteiger partial charge on any atom is 0.231 e. The van der Waals surface area contributed by atoms with Crippen LogP contribution < -0.4 is 15.1 Å². The number of hydrogen-bond donors (Lipinski definition) is 3. The number of hydrogen-bond acceptors (Lipinski definition) is 8. The fraction of sp³-hybridized carbons (Fsp3) is 0.409. The quantitative estimate of drug-likeness (QED) is 0.516. The molecule has 3 N–H and O–H groups in total. The number of nitrogens with one attached hydrogen (secondary N) is 2. The SMILES string of the molecule is O=CCN1CCN(c2ccc(Nc3nc(N4CCC(O)C4)c4cc[nH]c4n3)cc2)CC1. The molecule has 0 saturated carbocycles. The molecule has 3 aromatic rings. The first-order valence-electron chi connectivity index (χ1n) is 10.8. The Hall–Kier alpha value is -3.17. The van der Waals surface area contributed by atoms with E-state index in [1.54, 1.807) is 0 Å². The summed E-state index contributed by atoms with van der Waals surface area (Å²) in [5.74, 6) is 1.37. The van der Waals surface area contributed by atoms with Gasteiger partial charge in [-0.25, -0.2) is 0 Å². The van der Waals surface area contributed by atoms with Gasteiger partial charge in [0.15, 0.2) is 0 Å². The zero-order valence-electron chi connectivity index (χ0n) is 17.4. The molecule has 162 valence electrons. The topological polar surface area (TPSA) is 101 Å². The van der Waals surface area contributed by atoms with Gasteiger partial charge in [-0.15, -0.1) is 0 Å². The highest BCUT2D eigenvalue weighted by Gasteiger charge is 2.24. The van der Waals surface area contributed by atoms with Gasteiger partial charge in [-0.1, -0.05) is 0 Å². The van der Waals surface area contributed by atoms with Gasteiger partial charge in [-0.3, -0.25) is 4.90 Å². The summed E-state index contributed by atoms with van der Waals surface area (Å²) < 4.78 is 0. The van der Waals surface area contributed by atoms with Crippen molar-refractivity contribution in [3.63, 3.8) is 0 Å². The van der Waals surface area contributed by atoms with Crippen molar-refractivity contribution >= 4 is 40.5 Å². The number of aliphatic hydroxyl groups excluding tert-OH is 1. The third-order valence-electron chi connectivity index (χ3n) is 6.05. The Kier molecular flexibility index (Phi) is 5.44. The van der Waals surface area contributed by atoms with E-state index in [1.165, 1.54) is 5.69 Å². The Morgan fingerprint density at radius 2 is 1.87 bits per heavy atom. The average Bonchev–Trinajstić information content (AvgIpc) is 3.43. The van der Waals surface area contributed by atoms with Crippen molar-refractivity contribution in [1.29, 1.82) is 0 Å². The van der Waals surface area contributed by atoms with Gasteiger partial charge in [0.1, 0.15) is 17.8 Å². The summed E-state index contributed by atoms with van der Waals surface area (Å²) in [7, 11) is 0. The summed E-state index contributed by atoms with van der Waals surface area (Å²) in [6.07, 6.45) is 3.28. The van der Waals surface area contributed by atoms with Crippen LogP contribution in [0, 0.1) is 0 Å². The molecule has 2 aliphatic heterocycles. The molecule has 5 rings (SSSR count). The Labute approximate surface area is 180 Å². The maximum atomic E-state index is 10.7. The normalized spacial score (nSPS) is 19.8. The first-order valence-corrected chi connectivity index (χ1v) is 10.8. The van der Waals surface area contributed by atoms with Gasteiger partial charge in [0.05, 0.1) is 18.0 Å². The highest BCUT2D eigenvalue weighted by atomic mass is 16.3. The lowest BCUT2D eigenvalue weighted by atomic mass is 10.2. The number of H-pyrrole nitrogens is 1. The molecule has 1 unspecified atom stereocenters. The molecule has 0 amide bonds. The van der Waals surface area contributed by atoms with Crippen LogP contribution >= 0.6 is 0 Å². The lowest BCUT2D eigenvalue weighted by Gasteiger charge is -2.35. The van der Waals surface area contributed by atoms with Crippen LogP contribution in [0.15, 0.2) is 36.5 Å². The van der Waals surface area contributed by atoms with E-state index in [-0.39, 0.29) is 6.10 Å². The van der Waals surface area contributed by atoms with Crippen molar-refractivity contribution in [3.8, 4) is 0 Å². The Morgan fingerprint density at radius 3 is 2.58 bits per heavy atom. The number of piperazine rings is 1. The number of β-amino-alcohol motifs (C(OH)–C–C–N with tert-alkyl or cyclic N) is 1. The minimum atomic E-state index is -0.312. The third kappa shape index (κ3) is 4.19. The molecular weight excluding hydrogens is 394 g/mol. The van der Waals surface area contributed by atoms with Crippen LogP contribution in [-0.4, -0.2) is 83.2 Å². The van der Waals surface area contributed by atoms with Crippen LogP contribution in [0.25, 0.3) is 11.0 Å². The lowest BCUT2D eigenvalue weighted by molar-refractivity contribution is -0.108. The van der Waals surface area contributed by atoms with Crippen LogP contribution in [0.1, 0.15) is 6.42 Å². The van der Waals surface area contributed by atoms with Gasteiger partial charge in [0.2, 0.25) is 5.95 Å². The molecule has 4 heterocycles. The van der Waals surface area contributed by atoms with E-state index in [2.05, 4.69) is 42.1 Å². The molecule has 0 radical (unpaired) electrons. The van der Waals surface area contributed by atoms with E-state index in [4.69, 9.17) is 4.98 Å². The van der Waals surface area contributed by atoms with E-state index in [0.717, 1.165) is 68.0 Å². The summed E-state index contributed by atoms with van der Waals surface area (Å²) in [5.41, 5.74) is 2.86. The van der Waals surface area contributed by atoms with E-state index in [9.17, 15) is 9.90 Å². The van der Waals surface area contributed by atoms with Crippen LogP contribution in [0.3, 0.4) is 0 Å². The summed E-state index contributed by atoms with van der Waals surface area (Å²) in [5, 5.41) is 14.2. The minimum absolute atomic E-state index is 0.312. The Morgan fingerprint density at radius 1 is 1.06 bits per heavy atom. The van der Waals surface area contributed by atoms with Crippen molar-refractivity contribution in [1.82, 2.24) is 19.9 Å². The number of nitrogens with zero attached hydrogens (tertiary/aromatic N) is 5. The van der Waals surface area contributed by atoms with Gasteiger partial charge in [-0.2, -0.15) is 9.97 Å². The second-order valence-electron chi connectivity index (χ2n) is 8.13. The van der Waals surface area contributed by atoms with E-state index in [0.29, 0.717) is 19.0 Å². The highest BCUT2D eigenvalue weighted by molar-refractivity contribution is 5.89. The molecule has 2 aromatic heterocycles. The van der Waals surface area contributed by atoms with Crippen LogP contribution in [0.4, 0.5) is 23.1 Å². The number of anilines is 4. The molecule has 1 atom stereocenters. The molecule has 31 heavy (non-hydrogen) atoms.